The molecule has 2 aromatic rings. The van der Waals surface area contributed by atoms with Gasteiger partial charge in [-0.15, -0.1) is 4.98 Å². The van der Waals surface area contributed by atoms with E-state index in [9.17, 15) is 0 Å². The van der Waals surface area contributed by atoms with Gasteiger partial charge in [-0.2, -0.15) is 0 Å². The second kappa shape index (κ2) is 5.80. The first-order chi connectivity index (χ1) is 7.99. The van der Waals surface area contributed by atoms with E-state index in [0.717, 1.165) is 22.3 Å². The van der Waals surface area contributed by atoms with Crippen molar-refractivity contribution in [3.05, 3.63) is 24.3 Å². The fourth-order valence-corrected chi connectivity index (χ4v) is 1.94. The normalized spacial score (nSPS) is 9.24. The third-order valence-electron chi connectivity index (χ3n) is 1.55. The highest BCUT2D eigenvalue weighted by Crippen LogP contribution is 2.21. The van der Waals surface area contributed by atoms with Gasteiger partial charge in [0.1, 0.15) is 5.52 Å². The van der Waals surface area contributed by atoms with Crippen LogP contribution in [0.15, 0.2) is 24.3 Å². The Morgan fingerprint density at radius 3 is 2.53 bits per heavy atom. The SMILES string of the molecule is CC(=O)[O-].NC(N)=[NH+]c1nc2ccccc2s1. The van der Waals surface area contributed by atoms with Crippen LogP contribution in [0.1, 0.15) is 6.92 Å². The zero-order valence-corrected chi connectivity index (χ0v) is 9.95. The maximum Gasteiger partial charge on any atom is 0.303 e. The molecule has 90 valence electrons. The van der Waals surface area contributed by atoms with Gasteiger partial charge < -0.3 is 21.4 Å². The highest BCUT2D eigenvalue weighted by molar-refractivity contribution is 7.21. The molecule has 0 unspecified atom stereocenters. The Morgan fingerprint density at radius 1 is 1.41 bits per heavy atom. The number of benzene rings is 1. The monoisotopic (exact) mass is 252 g/mol. The van der Waals surface area contributed by atoms with E-state index < -0.39 is 5.97 Å². The largest absolute Gasteiger partial charge is 0.550 e. The first-order valence-electron chi connectivity index (χ1n) is 4.67. The number of hydrogen-bond donors (Lipinski definition) is 3. The average molecular weight is 252 g/mol. The second-order valence-corrected chi connectivity index (χ2v) is 4.09. The van der Waals surface area contributed by atoms with E-state index in [1.165, 1.54) is 11.3 Å². The number of hydrogen-bond acceptors (Lipinski definition) is 4. The lowest BCUT2D eigenvalue weighted by Gasteiger charge is -1.79. The highest BCUT2D eigenvalue weighted by Gasteiger charge is 2.04. The van der Waals surface area contributed by atoms with Gasteiger partial charge in [-0.1, -0.05) is 23.5 Å². The molecule has 1 aromatic carbocycles. The van der Waals surface area contributed by atoms with Crippen LogP contribution in [0.4, 0.5) is 5.13 Å². The fraction of sp³-hybridized carbons (Fsp3) is 0.100. The van der Waals surface area contributed by atoms with E-state index in [-0.39, 0.29) is 5.96 Å². The van der Waals surface area contributed by atoms with Crippen LogP contribution < -0.4 is 21.6 Å². The molecule has 0 saturated carbocycles. The molecule has 6 nitrogen and oxygen atoms in total. The molecule has 0 aliphatic carbocycles. The van der Waals surface area contributed by atoms with Crippen LogP contribution in [0.25, 0.3) is 10.2 Å². The van der Waals surface area contributed by atoms with Gasteiger partial charge in [0, 0.05) is 5.97 Å². The third kappa shape index (κ3) is 4.47. The molecule has 0 saturated heterocycles. The van der Waals surface area contributed by atoms with Crippen molar-refractivity contribution in [1.82, 2.24) is 4.98 Å². The molecule has 0 aliphatic heterocycles. The molecule has 0 amide bonds. The van der Waals surface area contributed by atoms with Gasteiger partial charge in [0.15, 0.2) is 0 Å². The van der Waals surface area contributed by atoms with Crippen molar-refractivity contribution < 1.29 is 14.9 Å². The van der Waals surface area contributed by atoms with Gasteiger partial charge in [0.2, 0.25) is 0 Å². The van der Waals surface area contributed by atoms with Crippen LogP contribution >= 0.6 is 11.3 Å². The Kier molecular flexibility index (Phi) is 4.41. The predicted octanol–water partition coefficient (Wildman–Crippen LogP) is -1.96. The number of para-hydroxylation sites is 1. The minimum absolute atomic E-state index is 0.166. The van der Waals surface area contributed by atoms with Gasteiger partial charge in [-0.25, -0.2) is 4.99 Å². The summed E-state index contributed by atoms with van der Waals surface area (Å²) in [4.78, 5) is 15.9. The van der Waals surface area contributed by atoms with Crippen molar-refractivity contribution in [1.29, 1.82) is 0 Å². The van der Waals surface area contributed by atoms with Crippen LogP contribution in [-0.2, 0) is 4.79 Å². The van der Waals surface area contributed by atoms with Crippen molar-refractivity contribution in [2.24, 2.45) is 11.5 Å². The van der Waals surface area contributed by atoms with Crippen LogP contribution in [0, 0.1) is 0 Å². The predicted molar refractivity (Wildman–Crippen MR) is 64.3 cm³/mol. The number of carbonyl (C=O) groups excluding carboxylic acids is 1. The highest BCUT2D eigenvalue weighted by atomic mass is 32.1. The van der Waals surface area contributed by atoms with Gasteiger partial charge in [0.25, 0.3) is 5.13 Å². The number of fused-ring (bicyclic) bond motifs is 1. The number of aliphatic carboxylic acids is 1. The third-order valence-corrected chi connectivity index (χ3v) is 2.50. The summed E-state index contributed by atoms with van der Waals surface area (Å²) in [7, 11) is 0. The molecule has 0 atom stereocenters. The van der Waals surface area contributed by atoms with E-state index in [2.05, 4.69) is 9.98 Å². The Morgan fingerprint density at radius 2 is 2.00 bits per heavy atom. The van der Waals surface area contributed by atoms with E-state index in [1.807, 2.05) is 24.3 Å². The number of guanidine groups is 1. The first kappa shape index (κ1) is 12.9. The molecule has 17 heavy (non-hydrogen) atoms. The maximum absolute atomic E-state index is 8.89. The maximum atomic E-state index is 8.89. The standard InChI is InChI=1S/C8H8N4S.C2H4O2/c9-7(10)12-8-11-5-3-1-2-4-6(5)13-8;1-2(3)4/h1-4H,(H4,9,10,11,12);1H3,(H,3,4). The summed E-state index contributed by atoms with van der Waals surface area (Å²) in [5.41, 5.74) is 11.5. The molecule has 1 aromatic heterocycles. The van der Waals surface area contributed by atoms with E-state index in [4.69, 9.17) is 21.4 Å². The molecular weight excluding hydrogens is 240 g/mol. The van der Waals surface area contributed by atoms with Crippen molar-refractivity contribution in [3.63, 3.8) is 0 Å². The van der Waals surface area contributed by atoms with Crippen molar-refractivity contribution in [2.75, 3.05) is 0 Å². The summed E-state index contributed by atoms with van der Waals surface area (Å²) in [6.07, 6.45) is 0. The average Bonchev–Trinajstić information content (AvgIpc) is 2.57. The molecule has 0 radical (unpaired) electrons. The van der Waals surface area contributed by atoms with Crippen LogP contribution in [0.2, 0.25) is 0 Å². The summed E-state index contributed by atoms with van der Waals surface area (Å²) in [6.45, 7) is 0.972. The number of nitrogens with zero attached hydrogens (tertiary/aromatic N) is 1. The number of aromatic nitrogens is 1. The summed E-state index contributed by atoms with van der Waals surface area (Å²) >= 11 is 1.52. The van der Waals surface area contributed by atoms with Crippen molar-refractivity contribution in [2.45, 2.75) is 6.92 Å². The van der Waals surface area contributed by atoms with Crippen LogP contribution in [0.5, 0.6) is 0 Å². The first-order valence-corrected chi connectivity index (χ1v) is 5.48. The summed E-state index contributed by atoms with van der Waals surface area (Å²) in [5.74, 6) is -0.918. The molecule has 1 heterocycles. The lowest BCUT2D eigenvalue weighted by atomic mass is 10.3. The van der Waals surface area contributed by atoms with Gasteiger partial charge in [0.05, 0.1) is 4.70 Å². The van der Waals surface area contributed by atoms with Crippen LogP contribution in [0.3, 0.4) is 0 Å². The number of carboxylic acids is 1. The number of rotatable bonds is 1. The molecule has 0 bridgehead atoms. The Labute approximate surface area is 102 Å². The Balaban J connectivity index is 0.000000317. The molecule has 2 rings (SSSR count). The zero-order chi connectivity index (χ0) is 12.8. The minimum Gasteiger partial charge on any atom is -0.550 e. The lowest BCUT2D eigenvalue weighted by Crippen LogP contribution is -2.72. The van der Waals surface area contributed by atoms with Gasteiger partial charge in [-0.3, -0.25) is 0 Å². The fourth-order valence-electron chi connectivity index (χ4n) is 1.05. The van der Waals surface area contributed by atoms with E-state index in [0.29, 0.717) is 0 Å². The number of carboxylic acid groups (broad SMARTS) is 1. The molecule has 0 fully saturated rings. The Hall–Kier alpha value is -2.15. The topological polar surface area (TPSA) is 119 Å². The lowest BCUT2D eigenvalue weighted by molar-refractivity contribution is -0.355. The molecule has 7 heteroatoms. The molecule has 0 aliphatic rings. The van der Waals surface area contributed by atoms with Crippen LogP contribution in [-0.4, -0.2) is 16.9 Å². The number of nitrogens with two attached hydrogens (primary N) is 2. The summed E-state index contributed by atoms with van der Waals surface area (Å²) in [5, 5.41) is 9.61. The van der Waals surface area contributed by atoms with Gasteiger partial charge >= 0.3 is 5.96 Å². The zero-order valence-electron chi connectivity index (χ0n) is 9.14. The summed E-state index contributed by atoms with van der Waals surface area (Å²) in [6, 6.07) is 7.87. The van der Waals surface area contributed by atoms with Gasteiger partial charge in [-0.05, 0) is 19.1 Å². The summed E-state index contributed by atoms with van der Waals surface area (Å²) < 4.78 is 1.12. The molecular formula is C10H12N4O2S. The van der Waals surface area contributed by atoms with E-state index in [1.54, 1.807) is 0 Å². The van der Waals surface area contributed by atoms with Crippen molar-refractivity contribution in [3.8, 4) is 0 Å². The second-order valence-electron chi connectivity index (χ2n) is 3.06. The Bertz CT molecular complexity index is 509. The van der Waals surface area contributed by atoms with Crippen molar-refractivity contribution >= 4 is 38.6 Å². The molecule has 0 spiro atoms. The number of nitrogens with one attached hydrogen (secondary N) is 1. The smallest absolute Gasteiger partial charge is 0.303 e. The quantitative estimate of drug-likeness (QED) is 0.402. The number of thiazole rings is 1. The number of carbonyl (C=O) groups is 1. The minimum atomic E-state index is -1.08. The molecule has 5 N–H and O–H groups in total. The van der Waals surface area contributed by atoms with E-state index >= 15 is 0 Å².